The summed E-state index contributed by atoms with van der Waals surface area (Å²) in [5.41, 5.74) is 7.64. The van der Waals surface area contributed by atoms with Gasteiger partial charge in [-0.3, -0.25) is 0 Å². The number of nitrogens with one attached hydrogen (secondary N) is 3. The van der Waals surface area contributed by atoms with Gasteiger partial charge in [0.15, 0.2) is 11.5 Å². The normalized spacial score (nSPS) is 20.2. The average molecular weight is 638 g/mol. The van der Waals surface area contributed by atoms with Crippen molar-refractivity contribution in [2.75, 3.05) is 39.7 Å². The first-order valence-corrected chi connectivity index (χ1v) is 16.7. The predicted octanol–water partition coefficient (Wildman–Crippen LogP) is 4.78. The minimum Gasteiger partial charge on any atom is -0.493 e. The van der Waals surface area contributed by atoms with Gasteiger partial charge >= 0.3 is 12.1 Å². The van der Waals surface area contributed by atoms with Crippen molar-refractivity contribution in [2.24, 2.45) is 16.0 Å². The number of benzene rings is 2. The number of nitrogens with zero attached hydrogens (tertiary/aromatic N) is 2. The Bertz CT molecular complexity index is 1400. The highest BCUT2D eigenvalue weighted by Crippen LogP contribution is 2.53. The second-order valence-electron chi connectivity index (χ2n) is 11.2. The third kappa shape index (κ3) is 8.02. The number of aliphatic imine (C=N–C) groups is 1. The molecule has 1 aliphatic heterocycles. The monoisotopic (exact) mass is 637 g/mol. The zero-order valence-corrected chi connectivity index (χ0v) is 27.0. The molecular weight excluding hydrogens is 594 g/mol. The minimum atomic E-state index is -0.848. The topological polar surface area (TPSA) is 132 Å². The number of carbonyl (C=O) groups excluding carboxylic acids is 2. The molecule has 0 aromatic heterocycles. The second kappa shape index (κ2) is 15.9. The van der Waals surface area contributed by atoms with E-state index in [0.29, 0.717) is 29.8 Å². The maximum absolute atomic E-state index is 12.7. The summed E-state index contributed by atoms with van der Waals surface area (Å²) in [6.45, 7) is 3.66. The number of fused-ring (bicyclic) bond motifs is 3. The van der Waals surface area contributed by atoms with Crippen LogP contribution in [-0.4, -0.2) is 69.4 Å². The molecule has 3 atom stereocenters. The molecule has 45 heavy (non-hydrogen) atoms. The third-order valence-electron chi connectivity index (χ3n) is 8.42. The largest absolute Gasteiger partial charge is 0.493 e. The van der Waals surface area contributed by atoms with Crippen molar-refractivity contribution in [1.82, 2.24) is 16.1 Å². The van der Waals surface area contributed by atoms with Gasteiger partial charge in [0.25, 0.3) is 0 Å². The van der Waals surface area contributed by atoms with Gasteiger partial charge in [-0.15, -0.1) is 11.8 Å². The quantitative estimate of drug-likeness (QED) is 0.171. The maximum Gasteiger partial charge on any atom is 0.408 e. The van der Waals surface area contributed by atoms with Gasteiger partial charge < -0.3 is 29.6 Å². The number of ether oxygens (including phenoxy) is 4. The van der Waals surface area contributed by atoms with Gasteiger partial charge in [0.1, 0.15) is 12.6 Å². The summed E-state index contributed by atoms with van der Waals surface area (Å²) in [5, 5.41) is 10.8. The van der Waals surface area contributed by atoms with E-state index in [0.717, 1.165) is 67.4 Å². The SMILES string of the molecule is CCOC(=O)C(CCSc1cc2c(c(OC)c1OC)C1CCCC1/C(=N/NC1=NCCN1)CC2)NC(=O)OCc1ccccc1. The number of methoxy groups -OCH3 is 2. The van der Waals surface area contributed by atoms with Crippen LogP contribution in [0.4, 0.5) is 4.79 Å². The molecule has 1 amide bonds. The van der Waals surface area contributed by atoms with E-state index in [9.17, 15) is 9.59 Å². The molecule has 0 saturated heterocycles. The van der Waals surface area contributed by atoms with E-state index in [2.05, 4.69) is 27.1 Å². The first-order chi connectivity index (χ1) is 22.0. The molecule has 0 bridgehead atoms. The Morgan fingerprint density at radius 1 is 1.09 bits per heavy atom. The summed E-state index contributed by atoms with van der Waals surface area (Å²) in [6.07, 6.45) is 4.63. The molecule has 1 fully saturated rings. The summed E-state index contributed by atoms with van der Waals surface area (Å²) >= 11 is 1.56. The van der Waals surface area contributed by atoms with Crippen molar-refractivity contribution < 1.29 is 28.5 Å². The van der Waals surface area contributed by atoms with E-state index in [1.807, 2.05) is 30.3 Å². The number of hydrogen-bond donors (Lipinski definition) is 3. The summed E-state index contributed by atoms with van der Waals surface area (Å²) in [4.78, 5) is 30.7. The standard InChI is InChI=1S/C33H43N5O6S/c1-4-43-31(39)26(36-33(40)44-20-21-9-6-5-7-10-21)15-18-45-27-19-22-13-14-25(37-38-32-34-16-17-35-32)23-11-8-12-24(23)28(22)30(42-3)29(27)41-2/h5-7,9-10,19,23-24,26H,4,8,11-18,20H2,1-3H3,(H,36,40)(H2,34,35,38)/b37-25+. The highest BCUT2D eigenvalue weighted by atomic mass is 32.2. The Hall–Kier alpha value is -3.93. The molecule has 2 aromatic rings. The number of esters is 1. The van der Waals surface area contributed by atoms with Crippen molar-refractivity contribution in [3.05, 3.63) is 53.1 Å². The van der Waals surface area contributed by atoms with Crippen LogP contribution in [0.1, 0.15) is 61.6 Å². The number of guanidine groups is 1. The van der Waals surface area contributed by atoms with E-state index in [1.54, 1.807) is 32.9 Å². The minimum absolute atomic E-state index is 0.110. The lowest BCUT2D eigenvalue weighted by atomic mass is 9.85. The van der Waals surface area contributed by atoms with Crippen LogP contribution in [0.3, 0.4) is 0 Å². The number of aryl methyl sites for hydroxylation is 1. The fraction of sp³-hybridized carbons (Fsp3) is 0.515. The molecule has 3 unspecified atom stereocenters. The van der Waals surface area contributed by atoms with Crippen LogP contribution in [0, 0.1) is 5.92 Å². The molecule has 242 valence electrons. The van der Waals surface area contributed by atoms with Crippen LogP contribution in [0.2, 0.25) is 0 Å². The van der Waals surface area contributed by atoms with Crippen LogP contribution in [0.5, 0.6) is 11.5 Å². The zero-order valence-electron chi connectivity index (χ0n) is 26.2. The predicted molar refractivity (Wildman–Crippen MR) is 174 cm³/mol. The van der Waals surface area contributed by atoms with Gasteiger partial charge in [0.2, 0.25) is 5.96 Å². The van der Waals surface area contributed by atoms with E-state index in [1.165, 1.54) is 16.8 Å². The lowest BCUT2D eigenvalue weighted by Crippen LogP contribution is -2.42. The first kappa shape index (κ1) is 32.5. The van der Waals surface area contributed by atoms with Gasteiger partial charge in [-0.25, -0.2) is 20.0 Å². The van der Waals surface area contributed by atoms with Gasteiger partial charge in [0.05, 0.1) is 32.3 Å². The smallest absolute Gasteiger partial charge is 0.408 e. The Morgan fingerprint density at radius 2 is 1.89 bits per heavy atom. The summed E-state index contributed by atoms with van der Waals surface area (Å²) < 4.78 is 22.6. The maximum atomic E-state index is 12.7. The number of amides is 1. The van der Waals surface area contributed by atoms with Gasteiger partial charge in [-0.2, -0.15) is 5.10 Å². The molecule has 0 radical (unpaired) electrons. The van der Waals surface area contributed by atoms with Crippen molar-refractivity contribution in [3.63, 3.8) is 0 Å². The Labute approximate surface area is 268 Å². The molecule has 12 heteroatoms. The molecule has 11 nitrogen and oxygen atoms in total. The van der Waals surface area contributed by atoms with E-state index in [-0.39, 0.29) is 13.2 Å². The molecular formula is C33H43N5O6S. The first-order valence-electron chi connectivity index (χ1n) is 15.7. The lowest BCUT2D eigenvalue weighted by Gasteiger charge is -2.25. The van der Waals surface area contributed by atoms with Crippen LogP contribution in [-0.2, 0) is 27.3 Å². The highest BCUT2D eigenvalue weighted by Gasteiger charge is 2.39. The third-order valence-corrected chi connectivity index (χ3v) is 9.47. The number of rotatable bonds is 12. The van der Waals surface area contributed by atoms with Crippen molar-refractivity contribution in [2.45, 2.75) is 68.9 Å². The van der Waals surface area contributed by atoms with Crippen LogP contribution < -0.4 is 25.5 Å². The highest BCUT2D eigenvalue weighted by molar-refractivity contribution is 7.99. The summed E-state index contributed by atoms with van der Waals surface area (Å²) in [5.74, 6) is 2.86. The second-order valence-corrected chi connectivity index (χ2v) is 12.3. The molecule has 1 saturated carbocycles. The van der Waals surface area contributed by atoms with Gasteiger partial charge in [0, 0.05) is 29.5 Å². The molecule has 2 aromatic carbocycles. The van der Waals surface area contributed by atoms with E-state index in [4.69, 9.17) is 24.0 Å². The van der Waals surface area contributed by atoms with Crippen molar-refractivity contribution >= 4 is 35.5 Å². The van der Waals surface area contributed by atoms with E-state index < -0.39 is 18.1 Å². The van der Waals surface area contributed by atoms with Gasteiger partial charge in [-0.05, 0) is 62.1 Å². The summed E-state index contributed by atoms with van der Waals surface area (Å²) in [6, 6.07) is 10.7. The fourth-order valence-electron chi connectivity index (χ4n) is 6.37. The summed E-state index contributed by atoms with van der Waals surface area (Å²) in [7, 11) is 3.36. The number of hydrogen-bond acceptors (Lipinski definition) is 11. The molecule has 2 aliphatic carbocycles. The van der Waals surface area contributed by atoms with E-state index >= 15 is 0 Å². The van der Waals surface area contributed by atoms with Crippen LogP contribution in [0.25, 0.3) is 0 Å². The van der Waals surface area contributed by atoms with Crippen LogP contribution in [0.15, 0.2) is 51.4 Å². The average Bonchev–Trinajstić information content (AvgIpc) is 3.74. The number of hydrazone groups is 1. The van der Waals surface area contributed by atoms with Crippen molar-refractivity contribution in [1.29, 1.82) is 0 Å². The number of alkyl carbamates (subject to hydrolysis) is 1. The van der Waals surface area contributed by atoms with Crippen LogP contribution >= 0.6 is 11.8 Å². The van der Waals surface area contributed by atoms with Crippen molar-refractivity contribution in [3.8, 4) is 11.5 Å². The molecule has 1 heterocycles. The zero-order chi connectivity index (χ0) is 31.6. The Morgan fingerprint density at radius 3 is 2.62 bits per heavy atom. The number of thioether (sulfide) groups is 1. The number of carbonyl (C=O) groups is 2. The molecule has 3 aliphatic rings. The Kier molecular flexibility index (Phi) is 11.5. The molecule has 5 rings (SSSR count). The Balaban J connectivity index is 1.30. The van der Waals surface area contributed by atoms with Gasteiger partial charge in [-0.1, -0.05) is 36.8 Å². The molecule has 0 spiro atoms. The lowest BCUT2D eigenvalue weighted by molar-refractivity contribution is -0.145. The fourth-order valence-corrected chi connectivity index (χ4v) is 7.48. The molecule has 3 N–H and O–H groups in total.